The number of anilines is 2. The second-order valence-electron chi connectivity index (χ2n) is 6.95. The lowest BCUT2D eigenvalue weighted by Gasteiger charge is -2.18. The van der Waals surface area contributed by atoms with Gasteiger partial charge in [-0.1, -0.05) is 23.9 Å². The molecule has 1 N–H and O–H groups in total. The number of carbonyl (C=O) groups is 1. The standard InChI is InChI=1S/C19H23N7OS2/c1-25(2)17-22-15(23-18(24-17)26-9-5-6-10-26)11-20-16(27)12-28-19-21-13-7-3-4-8-14(13)29-19/h3-4,7-8H,5-6,9-12H2,1-2H3,(H,20,27). The van der Waals surface area contributed by atoms with Crippen LogP contribution in [0.3, 0.4) is 0 Å². The third-order valence-corrected chi connectivity index (χ3v) is 6.67. The molecule has 0 spiro atoms. The van der Waals surface area contributed by atoms with Gasteiger partial charge >= 0.3 is 0 Å². The van der Waals surface area contributed by atoms with Gasteiger partial charge in [0.25, 0.3) is 0 Å². The molecule has 1 aliphatic heterocycles. The van der Waals surface area contributed by atoms with E-state index in [9.17, 15) is 4.79 Å². The lowest BCUT2D eigenvalue weighted by Crippen LogP contribution is -2.28. The van der Waals surface area contributed by atoms with Crippen LogP contribution in [0.2, 0.25) is 0 Å². The number of thioether (sulfide) groups is 1. The highest BCUT2D eigenvalue weighted by Crippen LogP contribution is 2.29. The molecular formula is C19H23N7OS2. The Hall–Kier alpha value is -2.46. The van der Waals surface area contributed by atoms with Crippen molar-refractivity contribution in [1.82, 2.24) is 25.3 Å². The van der Waals surface area contributed by atoms with E-state index in [1.54, 1.807) is 11.3 Å². The summed E-state index contributed by atoms with van der Waals surface area (Å²) in [5.41, 5.74) is 0.969. The number of nitrogens with one attached hydrogen (secondary N) is 1. The fourth-order valence-electron chi connectivity index (χ4n) is 3.00. The maximum Gasteiger partial charge on any atom is 0.230 e. The molecule has 2 aromatic heterocycles. The van der Waals surface area contributed by atoms with Crippen LogP contribution in [0.15, 0.2) is 28.6 Å². The first kappa shape index (κ1) is 19.8. The summed E-state index contributed by atoms with van der Waals surface area (Å²) in [6.07, 6.45) is 2.30. The van der Waals surface area contributed by atoms with Crippen LogP contribution in [-0.2, 0) is 11.3 Å². The fraction of sp³-hybridized carbons (Fsp3) is 0.421. The van der Waals surface area contributed by atoms with Gasteiger partial charge in [0.1, 0.15) is 0 Å². The van der Waals surface area contributed by atoms with Crippen LogP contribution in [-0.4, -0.2) is 58.8 Å². The number of fused-ring (bicyclic) bond motifs is 1. The van der Waals surface area contributed by atoms with Gasteiger partial charge in [0.2, 0.25) is 17.8 Å². The number of nitrogens with zero attached hydrogens (tertiary/aromatic N) is 6. The second kappa shape index (κ2) is 8.91. The summed E-state index contributed by atoms with van der Waals surface area (Å²) in [6, 6.07) is 7.99. The van der Waals surface area contributed by atoms with Gasteiger partial charge in [0.15, 0.2) is 10.2 Å². The van der Waals surface area contributed by atoms with Crippen molar-refractivity contribution >= 4 is 51.1 Å². The van der Waals surface area contributed by atoms with Crippen molar-refractivity contribution in [3.8, 4) is 0 Å². The minimum Gasteiger partial charge on any atom is -0.348 e. The first-order chi connectivity index (χ1) is 14.1. The summed E-state index contributed by atoms with van der Waals surface area (Å²) in [7, 11) is 3.81. The fourth-order valence-corrected chi connectivity index (χ4v) is 4.90. The number of benzene rings is 1. The lowest BCUT2D eigenvalue weighted by atomic mass is 10.3. The molecular weight excluding hydrogens is 406 g/mol. The average molecular weight is 430 g/mol. The van der Waals surface area contributed by atoms with Crippen LogP contribution in [0.5, 0.6) is 0 Å². The number of thiazole rings is 1. The van der Waals surface area contributed by atoms with Crippen molar-refractivity contribution in [3.05, 3.63) is 30.1 Å². The average Bonchev–Trinajstić information content (AvgIpc) is 3.40. The van der Waals surface area contributed by atoms with Gasteiger partial charge in [0.05, 0.1) is 22.5 Å². The molecule has 4 rings (SSSR count). The van der Waals surface area contributed by atoms with E-state index < -0.39 is 0 Å². The van der Waals surface area contributed by atoms with Gasteiger partial charge < -0.3 is 15.1 Å². The Labute approximate surface area is 177 Å². The highest BCUT2D eigenvalue weighted by molar-refractivity contribution is 8.01. The highest BCUT2D eigenvalue weighted by Gasteiger charge is 2.18. The van der Waals surface area contributed by atoms with E-state index in [1.807, 2.05) is 43.3 Å². The predicted molar refractivity (Wildman–Crippen MR) is 118 cm³/mol. The Morgan fingerprint density at radius 1 is 1.17 bits per heavy atom. The molecule has 10 heteroatoms. The summed E-state index contributed by atoms with van der Waals surface area (Å²) in [6.45, 7) is 2.20. The molecule has 29 heavy (non-hydrogen) atoms. The summed E-state index contributed by atoms with van der Waals surface area (Å²) in [5.74, 6) is 2.11. The molecule has 1 aliphatic rings. The molecule has 1 aromatic carbocycles. The molecule has 3 aromatic rings. The Bertz CT molecular complexity index is 968. The maximum absolute atomic E-state index is 12.3. The van der Waals surface area contributed by atoms with Gasteiger partial charge in [-0.3, -0.25) is 4.79 Å². The van der Waals surface area contributed by atoms with Gasteiger partial charge in [-0.05, 0) is 25.0 Å². The Kier molecular flexibility index (Phi) is 6.10. The number of hydrogen-bond donors (Lipinski definition) is 1. The number of amides is 1. The molecule has 0 atom stereocenters. The molecule has 8 nitrogen and oxygen atoms in total. The Morgan fingerprint density at radius 3 is 2.72 bits per heavy atom. The molecule has 0 saturated carbocycles. The topological polar surface area (TPSA) is 87.1 Å². The zero-order valence-electron chi connectivity index (χ0n) is 16.5. The molecule has 3 heterocycles. The Balaban J connectivity index is 1.36. The van der Waals surface area contributed by atoms with Gasteiger partial charge in [-0.15, -0.1) is 11.3 Å². The van der Waals surface area contributed by atoms with Gasteiger partial charge in [0, 0.05) is 27.2 Å². The molecule has 1 amide bonds. The molecule has 1 saturated heterocycles. The van der Waals surface area contributed by atoms with Crippen molar-refractivity contribution < 1.29 is 4.79 Å². The van der Waals surface area contributed by atoms with Crippen LogP contribution >= 0.6 is 23.1 Å². The minimum absolute atomic E-state index is 0.0659. The third kappa shape index (κ3) is 4.94. The lowest BCUT2D eigenvalue weighted by molar-refractivity contribution is -0.118. The van der Waals surface area contributed by atoms with Crippen LogP contribution < -0.4 is 15.1 Å². The quantitative estimate of drug-likeness (QED) is 0.574. The Morgan fingerprint density at radius 2 is 1.97 bits per heavy atom. The van der Waals surface area contributed by atoms with Gasteiger partial charge in [-0.25, -0.2) is 4.98 Å². The normalized spacial score (nSPS) is 13.8. The SMILES string of the molecule is CN(C)c1nc(CNC(=O)CSc2nc3ccccc3s2)nc(N2CCCC2)n1. The van der Waals surface area contributed by atoms with Crippen molar-refractivity contribution in [3.63, 3.8) is 0 Å². The minimum atomic E-state index is -0.0659. The van der Waals surface area contributed by atoms with Crippen LogP contribution in [0, 0.1) is 0 Å². The van der Waals surface area contributed by atoms with Gasteiger partial charge in [-0.2, -0.15) is 15.0 Å². The summed E-state index contributed by atoms with van der Waals surface area (Å²) in [5, 5.41) is 2.91. The third-order valence-electron chi connectivity index (χ3n) is 4.49. The maximum atomic E-state index is 12.3. The van der Waals surface area contributed by atoms with E-state index in [0.29, 0.717) is 23.5 Å². The van der Waals surface area contributed by atoms with E-state index in [1.165, 1.54) is 11.8 Å². The number of carbonyl (C=O) groups excluding carboxylic acids is 1. The van der Waals surface area contributed by atoms with E-state index in [-0.39, 0.29) is 12.5 Å². The monoisotopic (exact) mass is 429 g/mol. The molecule has 1 fully saturated rings. The predicted octanol–water partition coefficient (Wildman–Crippen LogP) is 2.56. The van der Waals surface area contributed by atoms with Crippen LogP contribution in [0.1, 0.15) is 18.7 Å². The second-order valence-corrected chi connectivity index (χ2v) is 9.21. The summed E-state index contributed by atoms with van der Waals surface area (Å²) < 4.78 is 2.03. The number of rotatable bonds is 7. The smallest absolute Gasteiger partial charge is 0.230 e. The van der Waals surface area contributed by atoms with E-state index in [2.05, 4.69) is 30.2 Å². The zero-order chi connectivity index (χ0) is 20.2. The van der Waals surface area contributed by atoms with E-state index in [4.69, 9.17) is 0 Å². The molecule has 0 unspecified atom stereocenters. The number of aromatic nitrogens is 4. The molecule has 0 bridgehead atoms. The van der Waals surface area contributed by atoms with Crippen LogP contribution in [0.4, 0.5) is 11.9 Å². The van der Waals surface area contributed by atoms with E-state index >= 15 is 0 Å². The van der Waals surface area contributed by atoms with Crippen molar-refractivity contribution in [2.24, 2.45) is 0 Å². The summed E-state index contributed by atoms with van der Waals surface area (Å²) >= 11 is 3.05. The highest BCUT2D eigenvalue weighted by atomic mass is 32.2. The van der Waals surface area contributed by atoms with Crippen molar-refractivity contribution in [2.75, 3.05) is 42.7 Å². The molecule has 152 valence electrons. The molecule has 0 aliphatic carbocycles. The van der Waals surface area contributed by atoms with Crippen LogP contribution in [0.25, 0.3) is 10.2 Å². The zero-order valence-corrected chi connectivity index (χ0v) is 18.1. The number of para-hydroxylation sites is 1. The summed E-state index contributed by atoms with van der Waals surface area (Å²) in [4.78, 5) is 34.5. The molecule has 0 radical (unpaired) electrons. The van der Waals surface area contributed by atoms with E-state index in [0.717, 1.165) is 40.5 Å². The largest absolute Gasteiger partial charge is 0.348 e. The number of hydrogen-bond acceptors (Lipinski definition) is 9. The van der Waals surface area contributed by atoms with Crippen molar-refractivity contribution in [2.45, 2.75) is 23.7 Å². The first-order valence-corrected chi connectivity index (χ1v) is 11.3. The van der Waals surface area contributed by atoms with Crippen molar-refractivity contribution in [1.29, 1.82) is 0 Å². The first-order valence-electron chi connectivity index (χ1n) is 9.51.